The highest BCUT2D eigenvalue weighted by molar-refractivity contribution is 6.31. The van der Waals surface area contributed by atoms with Crippen molar-refractivity contribution in [3.8, 4) is 0 Å². The van der Waals surface area contributed by atoms with Crippen LogP contribution in [-0.4, -0.2) is 20.8 Å². The van der Waals surface area contributed by atoms with Crippen LogP contribution in [0.1, 0.15) is 32.7 Å². The summed E-state index contributed by atoms with van der Waals surface area (Å²) in [5, 5.41) is 0.449. The number of nitrogen functional groups attached to an aromatic ring is 1. The molecule has 1 aliphatic heterocycles. The molecule has 1 amide bonds. The van der Waals surface area contributed by atoms with Crippen LogP contribution in [0.15, 0.2) is 48.5 Å². The molecule has 3 N–H and O–H groups in total. The maximum Gasteiger partial charge on any atom is 0.270 e. The highest BCUT2D eigenvalue weighted by Gasteiger charge is 2.25. The number of anilines is 1. The molecule has 0 saturated heterocycles. The van der Waals surface area contributed by atoms with E-state index in [9.17, 15) is 13.6 Å². The Morgan fingerprint density at radius 3 is 2.58 bits per heavy atom. The van der Waals surface area contributed by atoms with E-state index in [-0.39, 0.29) is 24.3 Å². The normalized spacial score (nSPS) is 12.8. The van der Waals surface area contributed by atoms with E-state index in [2.05, 4.69) is 9.97 Å². The molecule has 0 bridgehead atoms. The summed E-state index contributed by atoms with van der Waals surface area (Å²) < 4.78 is 34.3. The van der Waals surface area contributed by atoms with Gasteiger partial charge in [0.1, 0.15) is 23.1 Å². The van der Waals surface area contributed by atoms with Gasteiger partial charge in [0.25, 0.3) is 5.91 Å². The number of nitrogens with two attached hydrogens (primary N) is 1. The molecular formula is C24H19ClF2N4O2. The van der Waals surface area contributed by atoms with Gasteiger partial charge in [0.15, 0.2) is 0 Å². The van der Waals surface area contributed by atoms with E-state index in [0.29, 0.717) is 40.7 Å². The molecule has 0 radical (unpaired) electrons. The fourth-order valence-corrected chi connectivity index (χ4v) is 4.23. The van der Waals surface area contributed by atoms with Gasteiger partial charge in [-0.15, -0.1) is 0 Å². The van der Waals surface area contributed by atoms with E-state index in [0.717, 1.165) is 23.3 Å². The molecule has 9 heteroatoms. The zero-order chi connectivity index (χ0) is 23.1. The first kappa shape index (κ1) is 21.4. The van der Waals surface area contributed by atoms with Gasteiger partial charge in [-0.3, -0.25) is 4.79 Å². The van der Waals surface area contributed by atoms with Gasteiger partial charge < -0.3 is 20.4 Å². The molecule has 2 aromatic heterocycles. The first-order valence-electron chi connectivity index (χ1n) is 10.3. The molecule has 6 nitrogen and oxygen atoms in total. The Morgan fingerprint density at radius 2 is 1.82 bits per heavy atom. The van der Waals surface area contributed by atoms with Gasteiger partial charge in [0, 0.05) is 28.3 Å². The van der Waals surface area contributed by atoms with E-state index in [4.69, 9.17) is 22.1 Å². The number of fused-ring (bicyclic) bond motifs is 3. The molecule has 0 saturated carbocycles. The average Bonchev–Trinajstić information content (AvgIpc) is 3.44. The minimum atomic E-state index is -0.729. The van der Waals surface area contributed by atoms with Crippen LogP contribution in [0.4, 0.5) is 14.6 Å². The van der Waals surface area contributed by atoms with Gasteiger partial charge >= 0.3 is 0 Å². The number of aromatic amines is 1. The quantitative estimate of drug-likeness (QED) is 0.434. The minimum Gasteiger partial charge on any atom is -0.383 e. The van der Waals surface area contributed by atoms with Gasteiger partial charge in [0.05, 0.1) is 30.8 Å². The lowest BCUT2D eigenvalue weighted by molar-refractivity contribution is 0.0721. The maximum absolute atomic E-state index is 14.4. The van der Waals surface area contributed by atoms with E-state index in [1.165, 1.54) is 11.0 Å². The Bertz CT molecular complexity index is 1370. The second kappa shape index (κ2) is 8.46. The Hall–Kier alpha value is -3.49. The van der Waals surface area contributed by atoms with Crippen LogP contribution in [0.5, 0.6) is 0 Å². The molecule has 33 heavy (non-hydrogen) atoms. The van der Waals surface area contributed by atoms with Gasteiger partial charge in [0.2, 0.25) is 0 Å². The minimum absolute atomic E-state index is 0.0540. The summed E-state index contributed by atoms with van der Waals surface area (Å²) in [5.41, 5.74) is 9.55. The molecule has 0 unspecified atom stereocenters. The Kier molecular flexibility index (Phi) is 5.47. The Morgan fingerprint density at radius 1 is 1.09 bits per heavy atom. The lowest BCUT2D eigenvalue weighted by Gasteiger charge is -2.23. The highest BCUT2D eigenvalue weighted by Crippen LogP contribution is 2.31. The smallest absolute Gasteiger partial charge is 0.270 e. The highest BCUT2D eigenvalue weighted by atomic mass is 35.5. The molecule has 2 aromatic carbocycles. The number of rotatable bonds is 5. The molecule has 5 rings (SSSR count). The molecular weight excluding hydrogens is 450 g/mol. The number of nitrogens with zero attached hydrogens (tertiary/aromatic N) is 2. The van der Waals surface area contributed by atoms with Gasteiger partial charge in [-0.1, -0.05) is 35.9 Å². The Labute approximate surface area is 192 Å². The van der Waals surface area contributed by atoms with Crippen molar-refractivity contribution in [1.29, 1.82) is 0 Å². The lowest BCUT2D eigenvalue weighted by atomic mass is 10.1. The predicted molar refractivity (Wildman–Crippen MR) is 120 cm³/mol. The van der Waals surface area contributed by atoms with E-state index in [1.54, 1.807) is 30.3 Å². The largest absolute Gasteiger partial charge is 0.383 e. The molecule has 1 aliphatic rings. The number of benzene rings is 2. The second-order valence-electron chi connectivity index (χ2n) is 7.84. The molecule has 0 spiro atoms. The van der Waals surface area contributed by atoms with Crippen molar-refractivity contribution in [3.05, 3.63) is 93.1 Å². The monoisotopic (exact) mass is 468 g/mol. The zero-order valence-electron chi connectivity index (χ0n) is 17.4. The molecule has 3 heterocycles. The van der Waals surface area contributed by atoms with Crippen molar-refractivity contribution < 1.29 is 18.3 Å². The van der Waals surface area contributed by atoms with Crippen LogP contribution >= 0.6 is 11.6 Å². The molecule has 4 aromatic rings. The molecule has 168 valence electrons. The van der Waals surface area contributed by atoms with Crippen LogP contribution in [0.2, 0.25) is 5.02 Å². The van der Waals surface area contributed by atoms with Crippen LogP contribution < -0.4 is 5.73 Å². The fourth-order valence-electron chi connectivity index (χ4n) is 4.03. The summed E-state index contributed by atoms with van der Waals surface area (Å²) in [5.74, 6) is -1.56. The van der Waals surface area contributed by atoms with Gasteiger partial charge in [-0.05, 0) is 29.8 Å². The number of pyridine rings is 1. The summed E-state index contributed by atoms with van der Waals surface area (Å²) in [4.78, 5) is 22.4. The zero-order valence-corrected chi connectivity index (χ0v) is 18.1. The lowest BCUT2D eigenvalue weighted by Crippen LogP contribution is -2.31. The first-order valence-corrected chi connectivity index (χ1v) is 10.6. The number of H-pyrrole nitrogens is 1. The average molecular weight is 469 g/mol. The van der Waals surface area contributed by atoms with Crippen LogP contribution in [0.3, 0.4) is 0 Å². The third kappa shape index (κ3) is 3.92. The summed E-state index contributed by atoms with van der Waals surface area (Å²) in [6, 6.07) is 12.2. The number of carbonyl (C=O) groups is 1. The van der Waals surface area contributed by atoms with Crippen molar-refractivity contribution in [2.45, 2.75) is 26.3 Å². The van der Waals surface area contributed by atoms with Gasteiger partial charge in [-0.25, -0.2) is 13.8 Å². The Balaban J connectivity index is 1.55. The topological polar surface area (TPSA) is 84.2 Å². The standard InChI is InChI=1S/C24H19ClF2N4O2/c25-17-5-2-1-4-13(17)9-31(10-14-18(26)6-3-7-19(14)27)24(32)21-8-20-22(29-21)15-11-33-12-16(15)23(28)30-20/h1-8,29H,9-12H2,(H2,28,30). The number of carbonyl (C=O) groups excluding carboxylic acids is 1. The van der Waals surface area contributed by atoms with Gasteiger partial charge in [-0.2, -0.15) is 0 Å². The van der Waals surface area contributed by atoms with Crippen molar-refractivity contribution in [1.82, 2.24) is 14.9 Å². The number of aromatic nitrogens is 2. The SMILES string of the molecule is Nc1nc2cc(C(=O)N(Cc3ccccc3Cl)Cc3c(F)cccc3F)[nH]c2c2c1COC2. The number of hydrogen-bond acceptors (Lipinski definition) is 4. The van der Waals surface area contributed by atoms with Crippen molar-refractivity contribution in [2.24, 2.45) is 0 Å². The fraction of sp³-hybridized carbons (Fsp3) is 0.167. The van der Waals surface area contributed by atoms with Crippen molar-refractivity contribution in [3.63, 3.8) is 0 Å². The van der Waals surface area contributed by atoms with Crippen LogP contribution in [0, 0.1) is 11.6 Å². The summed E-state index contributed by atoms with van der Waals surface area (Å²) in [6.07, 6.45) is 0. The third-order valence-electron chi connectivity index (χ3n) is 5.75. The summed E-state index contributed by atoms with van der Waals surface area (Å²) in [7, 11) is 0. The van der Waals surface area contributed by atoms with Crippen LogP contribution in [0.25, 0.3) is 11.0 Å². The van der Waals surface area contributed by atoms with E-state index >= 15 is 0 Å². The van der Waals surface area contributed by atoms with Crippen LogP contribution in [-0.2, 0) is 31.0 Å². The third-order valence-corrected chi connectivity index (χ3v) is 6.12. The second-order valence-corrected chi connectivity index (χ2v) is 8.25. The number of ether oxygens (including phenoxy) is 1. The molecule has 0 fully saturated rings. The van der Waals surface area contributed by atoms with Crippen molar-refractivity contribution in [2.75, 3.05) is 5.73 Å². The first-order chi connectivity index (χ1) is 15.9. The van der Waals surface area contributed by atoms with E-state index in [1.807, 2.05) is 0 Å². The predicted octanol–water partition coefficient (Wildman–Crippen LogP) is 4.95. The number of hydrogen-bond donors (Lipinski definition) is 2. The van der Waals surface area contributed by atoms with E-state index < -0.39 is 17.5 Å². The number of nitrogens with one attached hydrogen (secondary N) is 1. The number of amides is 1. The summed E-state index contributed by atoms with van der Waals surface area (Å²) >= 11 is 6.30. The maximum atomic E-state index is 14.4. The number of halogens is 3. The molecule has 0 aliphatic carbocycles. The summed E-state index contributed by atoms with van der Waals surface area (Å²) in [6.45, 7) is 0.487. The molecule has 0 atom stereocenters. The van der Waals surface area contributed by atoms with Crippen molar-refractivity contribution >= 4 is 34.4 Å².